The second-order valence-corrected chi connectivity index (χ2v) is 17.8. The molecule has 0 bridgehead atoms. The lowest BCUT2D eigenvalue weighted by Crippen LogP contribution is -2.37. The fraction of sp³-hybridized carbons (Fsp3) is 0.867. The van der Waals surface area contributed by atoms with E-state index in [4.69, 9.17) is 0 Å². The predicted molar refractivity (Wildman–Crippen MR) is 221 cm³/mol. The smallest absolute Gasteiger partial charge is 0.0800 e. The van der Waals surface area contributed by atoms with E-state index in [1.807, 2.05) is 20.8 Å². The third-order valence-corrected chi connectivity index (χ3v) is 12.5. The highest BCUT2D eigenvalue weighted by molar-refractivity contribution is 5.30. The average Bonchev–Trinajstić information content (AvgIpc) is 3.06. The van der Waals surface area contributed by atoms with E-state index in [1.54, 1.807) is 0 Å². The summed E-state index contributed by atoms with van der Waals surface area (Å²) in [5, 5.41) is 80.9. The van der Waals surface area contributed by atoms with E-state index in [9.17, 15) is 40.9 Å². The molecule has 0 heterocycles. The molecule has 0 aromatic rings. The van der Waals surface area contributed by atoms with E-state index in [0.717, 1.165) is 56.9 Å². The molecule has 7 atom stereocenters. The van der Waals surface area contributed by atoms with Crippen molar-refractivity contribution in [3.05, 3.63) is 34.9 Å². The maximum atomic E-state index is 10.6. The van der Waals surface area contributed by atoms with Gasteiger partial charge in [0.1, 0.15) is 0 Å². The van der Waals surface area contributed by atoms with Crippen LogP contribution in [-0.4, -0.2) is 89.2 Å². The quantitative estimate of drug-likeness (QED) is 0.0258. The molecule has 0 fully saturated rings. The van der Waals surface area contributed by atoms with E-state index in [-0.39, 0.29) is 16.9 Å². The van der Waals surface area contributed by atoms with Crippen LogP contribution in [0.4, 0.5) is 0 Å². The summed E-state index contributed by atoms with van der Waals surface area (Å²) in [5.74, 6) is 0. The number of unbranched alkanes of at least 4 members (excludes halogenated alkanes) is 2. The van der Waals surface area contributed by atoms with Crippen molar-refractivity contribution >= 4 is 0 Å². The molecule has 0 aliphatic heterocycles. The number of hydrogen-bond donors (Lipinski definition) is 8. The van der Waals surface area contributed by atoms with Crippen molar-refractivity contribution in [1.29, 1.82) is 0 Å². The Morgan fingerprint density at radius 3 is 1.19 bits per heavy atom. The predicted octanol–water partition coefficient (Wildman–Crippen LogP) is 8.61. The Balaban J connectivity index is 4.09. The van der Waals surface area contributed by atoms with Crippen molar-refractivity contribution in [2.45, 2.75) is 240 Å². The van der Waals surface area contributed by atoms with Gasteiger partial charge in [0.15, 0.2) is 0 Å². The molecule has 0 aliphatic carbocycles. The SMILES string of the molecule is CC(=CCCC=CCCCC(O)CCCC(O)CCCC(O)CCCC(O)CCCC(O)CCC(O)C(C)O)C(C)(C)C(C)(C)C(C)=C(C)C(C)(C)O. The van der Waals surface area contributed by atoms with Gasteiger partial charge in [-0.25, -0.2) is 0 Å². The Morgan fingerprint density at radius 1 is 0.453 bits per heavy atom. The van der Waals surface area contributed by atoms with Gasteiger partial charge in [0.25, 0.3) is 0 Å². The first-order chi connectivity index (χ1) is 24.5. The third-order valence-electron chi connectivity index (χ3n) is 12.5. The summed E-state index contributed by atoms with van der Waals surface area (Å²) in [4.78, 5) is 0. The lowest BCUT2D eigenvalue weighted by atomic mass is 9.59. The highest BCUT2D eigenvalue weighted by Crippen LogP contribution is 2.50. The lowest BCUT2D eigenvalue weighted by molar-refractivity contribution is 0.0149. The number of aliphatic hydroxyl groups excluding tert-OH is 7. The molecule has 0 aliphatic rings. The second-order valence-electron chi connectivity index (χ2n) is 17.8. The van der Waals surface area contributed by atoms with Crippen molar-refractivity contribution in [2.24, 2.45) is 10.8 Å². The zero-order valence-electron chi connectivity index (χ0n) is 35.8. The Labute approximate surface area is 325 Å². The van der Waals surface area contributed by atoms with E-state index in [0.29, 0.717) is 70.6 Å². The molecule has 314 valence electrons. The first-order valence-electron chi connectivity index (χ1n) is 21.0. The molecule has 0 saturated heterocycles. The highest BCUT2D eigenvalue weighted by Gasteiger charge is 2.41. The molecule has 0 aromatic heterocycles. The summed E-state index contributed by atoms with van der Waals surface area (Å²) in [7, 11) is 0. The van der Waals surface area contributed by atoms with Crippen LogP contribution in [0.2, 0.25) is 0 Å². The summed E-state index contributed by atoms with van der Waals surface area (Å²) >= 11 is 0. The molecule has 53 heavy (non-hydrogen) atoms. The monoisotopic (exact) mass is 755 g/mol. The number of allylic oxidation sites excluding steroid dienone is 5. The van der Waals surface area contributed by atoms with Crippen LogP contribution in [0.15, 0.2) is 34.9 Å². The van der Waals surface area contributed by atoms with Crippen LogP contribution in [-0.2, 0) is 0 Å². The normalized spacial score (nSPS) is 18.1. The molecule has 8 heteroatoms. The van der Waals surface area contributed by atoms with Gasteiger partial charge in [0, 0.05) is 0 Å². The lowest BCUT2D eigenvalue weighted by Gasteiger charge is -2.45. The van der Waals surface area contributed by atoms with Gasteiger partial charge in [-0.3, -0.25) is 0 Å². The van der Waals surface area contributed by atoms with Crippen molar-refractivity contribution in [2.75, 3.05) is 0 Å². The molecule has 0 rings (SSSR count). The Bertz CT molecular complexity index is 1040. The third kappa shape index (κ3) is 22.3. The van der Waals surface area contributed by atoms with Gasteiger partial charge in [0.05, 0.1) is 48.3 Å². The first kappa shape index (κ1) is 51.9. The van der Waals surface area contributed by atoms with Crippen LogP contribution in [0, 0.1) is 10.8 Å². The fourth-order valence-corrected chi connectivity index (χ4v) is 6.93. The first-order valence-corrected chi connectivity index (χ1v) is 21.0. The van der Waals surface area contributed by atoms with E-state index in [1.165, 1.54) is 18.1 Å². The molecule has 0 spiro atoms. The summed E-state index contributed by atoms with van der Waals surface area (Å²) in [6.07, 6.45) is 16.3. The van der Waals surface area contributed by atoms with Gasteiger partial charge >= 0.3 is 0 Å². The standard InChI is InChI=1S/C45H86O8/c1-33(43(5,6)44(7,8)34(2)35(3)45(9,10)53)21-15-13-11-12-14-16-22-37(47)23-17-24-38(48)25-18-26-39(49)27-19-28-40(50)29-20-30-41(51)31-32-42(52)36(4)46/h11-12,21,36-42,46-53H,13-20,22-32H2,1-10H3. The molecule has 7 unspecified atom stereocenters. The Kier molecular flexibility index (Phi) is 26.1. The molecule has 8 nitrogen and oxygen atoms in total. The van der Waals surface area contributed by atoms with Crippen LogP contribution in [0.3, 0.4) is 0 Å². The minimum Gasteiger partial charge on any atom is -0.393 e. The summed E-state index contributed by atoms with van der Waals surface area (Å²) < 4.78 is 0. The topological polar surface area (TPSA) is 162 Å². The summed E-state index contributed by atoms with van der Waals surface area (Å²) in [6, 6.07) is 0. The van der Waals surface area contributed by atoms with E-state index < -0.39 is 42.2 Å². The molecule has 0 saturated carbocycles. The maximum Gasteiger partial charge on any atom is 0.0800 e. The van der Waals surface area contributed by atoms with Crippen LogP contribution in [0.25, 0.3) is 0 Å². The Morgan fingerprint density at radius 2 is 0.811 bits per heavy atom. The van der Waals surface area contributed by atoms with E-state index in [2.05, 4.69) is 59.8 Å². The fourth-order valence-electron chi connectivity index (χ4n) is 6.93. The molecule has 0 radical (unpaired) electrons. The van der Waals surface area contributed by atoms with Gasteiger partial charge < -0.3 is 40.9 Å². The van der Waals surface area contributed by atoms with Gasteiger partial charge in [0.2, 0.25) is 0 Å². The molecular weight excluding hydrogens is 668 g/mol. The maximum absolute atomic E-state index is 10.6. The average molecular weight is 755 g/mol. The number of rotatable bonds is 31. The molecule has 0 amide bonds. The zero-order valence-corrected chi connectivity index (χ0v) is 35.8. The zero-order chi connectivity index (χ0) is 40.8. The minimum atomic E-state index is -0.828. The minimum absolute atomic E-state index is 0.0570. The summed E-state index contributed by atoms with van der Waals surface area (Å²) in [5.41, 5.74) is 2.65. The van der Waals surface area contributed by atoms with Crippen LogP contribution in [0.5, 0.6) is 0 Å². The Hall–Kier alpha value is -1.10. The van der Waals surface area contributed by atoms with Gasteiger partial charge in [-0.1, -0.05) is 57.1 Å². The summed E-state index contributed by atoms with van der Waals surface area (Å²) in [6.45, 7) is 20.8. The van der Waals surface area contributed by atoms with Crippen molar-refractivity contribution < 1.29 is 40.9 Å². The highest BCUT2D eigenvalue weighted by atomic mass is 16.3. The van der Waals surface area contributed by atoms with Crippen LogP contribution >= 0.6 is 0 Å². The largest absolute Gasteiger partial charge is 0.393 e. The second kappa shape index (κ2) is 26.7. The van der Waals surface area contributed by atoms with E-state index >= 15 is 0 Å². The van der Waals surface area contributed by atoms with Crippen molar-refractivity contribution in [3.63, 3.8) is 0 Å². The van der Waals surface area contributed by atoms with Gasteiger partial charge in [-0.15, -0.1) is 0 Å². The van der Waals surface area contributed by atoms with Gasteiger partial charge in [-0.05, 0) is 180 Å². The van der Waals surface area contributed by atoms with Crippen molar-refractivity contribution in [3.8, 4) is 0 Å². The number of aliphatic hydroxyl groups is 8. The van der Waals surface area contributed by atoms with Crippen LogP contribution in [0.1, 0.15) is 191 Å². The number of hydrogen-bond acceptors (Lipinski definition) is 8. The van der Waals surface area contributed by atoms with Crippen molar-refractivity contribution in [1.82, 2.24) is 0 Å². The molecular formula is C45H86O8. The van der Waals surface area contributed by atoms with Crippen LogP contribution < -0.4 is 0 Å². The molecule has 0 aromatic carbocycles. The van der Waals surface area contributed by atoms with Gasteiger partial charge in [-0.2, -0.15) is 0 Å². The molecule has 8 N–H and O–H groups in total.